The van der Waals surface area contributed by atoms with Crippen LogP contribution < -0.4 is 14.8 Å². The Hall–Kier alpha value is -1.71. The summed E-state index contributed by atoms with van der Waals surface area (Å²) in [4.78, 5) is 4.37. The fourth-order valence-corrected chi connectivity index (χ4v) is 1.84. The predicted molar refractivity (Wildman–Crippen MR) is 63.6 cm³/mol. The highest BCUT2D eigenvalue weighted by atomic mass is 16.5. The fraction of sp³-hybridized carbons (Fsp3) is 0.417. The summed E-state index contributed by atoms with van der Waals surface area (Å²) < 4.78 is 10.6. The number of benzene rings is 1. The maximum Gasteiger partial charge on any atom is 0.164 e. The highest BCUT2D eigenvalue weighted by Gasteiger charge is 2.13. The molecule has 1 heterocycles. The van der Waals surface area contributed by atoms with Crippen molar-refractivity contribution in [3.63, 3.8) is 0 Å². The van der Waals surface area contributed by atoms with Crippen LogP contribution in [0.3, 0.4) is 0 Å². The van der Waals surface area contributed by atoms with E-state index in [1.807, 2.05) is 18.2 Å². The molecule has 0 fully saturated rings. The van der Waals surface area contributed by atoms with Crippen LogP contribution in [0.15, 0.2) is 23.2 Å². The lowest BCUT2D eigenvalue weighted by Gasteiger charge is -2.12. The molecule has 1 aromatic carbocycles. The zero-order chi connectivity index (χ0) is 11.4. The summed E-state index contributed by atoms with van der Waals surface area (Å²) in [5.41, 5.74) is 1.09. The van der Waals surface area contributed by atoms with Crippen LogP contribution in [-0.2, 0) is 6.42 Å². The van der Waals surface area contributed by atoms with E-state index in [1.165, 1.54) is 0 Å². The number of ether oxygens (including phenoxy) is 2. The highest BCUT2D eigenvalue weighted by Crippen LogP contribution is 2.31. The van der Waals surface area contributed by atoms with Crippen molar-refractivity contribution in [2.24, 2.45) is 4.99 Å². The molecule has 4 nitrogen and oxygen atoms in total. The lowest BCUT2D eigenvalue weighted by Crippen LogP contribution is -2.20. The summed E-state index contributed by atoms with van der Waals surface area (Å²) in [5.74, 6) is 2.58. The number of methoxy groups -OCH3 is 2. The molecule has 4 heteroatoms. The predicted octanol–water partition coefficient (Wildman–Crippen LogP) is 1.25. The van der Waals surface area contributed by atoms with Crippen LogP contribution in [0.5, 0.6) is 11.5 Å². The van der Waals surface area contributed by atoms with Crippen molar-refractivity contribution in [2.45, 2.75) is 6.42 Å². The second kappa shape index (κ2) is 4.88. The average Bonchev–Trinajstić information content (AvgIpc) is 2.81. The van der Waals surface area contributed by atoms with Gasteiger partial charge in [0.05, 0.1) is 20.8 Å². The van der Waals surface area contributed by atoms with Gasteiger partial charge in [-0.05, 0) is 6.07 Å². The Balaban J connectivity index is 2.25. The minimum absolute atomic E-state index is 0.763. The van der Waals surface area contributed by atoms with Gasteiger partial charge < -0.3 is 14.8 Å². The third kappa shape index (κ3) is 2.10. The Morgan fingerprint density at radius 1 is 1.31 bits per heavy atom. The Kier molecular flexibility index (Phi) is 3.29. The Morgan fingerprint density at radius 2 is 2.19 bits per heavy atom. The van der Waals surface area contributed by atoms with Crippen LogP contribution in [0.2, 0.25) is 0 Å². The maximum atomic E-state index is 5.37. The number of rotatable bonds is 4. The van der Waals surface area contributed by atoms with Crippen molar-refractivity contribution < 1.29 is 9.47 Å². The second-order valence-corrected chi connectivity index (χ2v) is 3.58. The number of amidine groups is 1. The summed E-state index contributed by atoms with van der Waals surface area (Å²) in [6, 6.07) is 5.89. The molecule has 16 heavy (non-hydrogen) atoms. The van der Waals surface area contributed by atoms with Crippen molar-refractivity contribution in [1.82, 2.24) is 5.32 Å². The molecule has 86 valence electrons. The minimum Gasteiger partial charge on any atom is -0.493 e. The molecule has 2 rings (SSSR count). The fourth-order valence-electron chi connectivity index (χ4n) is 1.84. The molecule has 1 aromatic rings. The Labute approximate surface area is 95.3 Å². The van der Waals surface area contributed by atoms with Crippen LogP contribution in [0.4, 0.5) is 0 Å². The van der Waals surface area contributed by atoms with Crippen molar-refractivity contribution in [3.8, 4) is 11.5 Å². The molecule has 0 aromatic heterocycles. The molecular weight excluding hydrogens is 204 g/mol. The van der Waals surface area contributed by atoms with Gasteiger partial charge in [0, 0.05) is 18.5 Å². The van der Waals surface area contributed by atoms with E-state index in [4.69, 9.17) is 9.47 Å². The van der Waals surface area contributed by atoms with Gasteiger partial charge in [-0.15, -0.1) is 0 Å². The third-order valence-electron chi connectivity index (χ3n) is 2.59. The molecule has 0 saturated heterocycles. The van der Waals surface area contributed by atoms with E-state index in [-0.39, 0.29) is 0 Å². The van der Waals surface area contributed by atoms with Gasteiger partial charge in [-0.3, -0.25) is 4.99 Å². The van der Waals surface area contributed by atoms with E-state index in [0.717, 1.165) is 42.4 Å². The van der Waals surface area contributed by atoms with E-state index in [9.17, 15) is 0 Å². The average molecular weight is 220 g/mol. The van der Waals surface area contributed by atoms with Crippen molar-refractivity contribution in [2.75, 3.05) is 27.3 Å². The van der Waals surface area contributed by atoms with Gasteiger partial charge in [-0.1, -0.05) is 12.1 Å². The van der Waals surface area contributed by atoms with E-state index in [0.29, 0.717) is 0 Å². The lowest BCUT2D eigenvalue weighted by molar-refractivity contribution is 0.352. The minimum atomic E-state index is 0.763. The molecule has 0 atom stereocenters. The second-order valence-electron chi connectivity index (χ2n) is 3.58. The van der Waals surface area contributed by atoms with Gasteiger partial charge in [0.2, 0.25) is 0 Å². The van der Waals surface area contributed by atoms with Gasteiger partial charge in [0.25, 0.3) is 0 Å². The number of para-hydroxylation sites is 1. The largest absolute Gasteiger partial charge is 0.493 e. The first-order valence-corrected chi connectivity index (χ1v) is 5.32. The first-order valence-electron chi connectivity index (χ1n) is 5.32. The highest BCUT2D eigenvalue weighted by molar-refractivity contribution is 5.86. The zero-order valence-electron chi connectivity index (χ0n) is 9.62. The molecule has 0 bridgehead atoms. The number of hydrogen-bond acceptors (Lipinski definition) is 4. The van der Waals surface area contributed by atoms with E-state index in [2.05, 4.69) is 10.3 Å². The van der Waals surface area contributed by atoms with E-state index in [1.54, 1.807) is 14.2 Å². The van der Waals surface area contributed by atoms with Crippen LogP contribution >= 0.6 is 0 Å². The molecule has 0 amide bonds. The number of hydrogen-bond donors (Lipinski definition) is 1. The van der Waals surface area contributed by atoms with Crippen molar-refractivity contribution in [3.05, 3.63) is 23.8 Å². The molecule has 1 N–H and O–H groups in total. The molecule has 0 aliphatic carbocycles. The molecule has 1 aliphatic rings. The van der Waals surface area contributed by atoms with Gasteiger partial charge in [0.1, 0.15) is 5.84 Å². The molecule has 1 aliphatic heterocycles. The summed E-state index contributed by atoms with van der Waals surface area (Å²) >= 11 is 0. The Morgan fingerprint density at radius 3 is 2.81 bits per heavy atom. The number of nitrogens with zero attached hydrogens (tertiary/aromatic N) is 1. The summed E-state index contributed by atoms with van der Waals surface area (Å²) in [6.45, 7) is 1.79. The zero-order valence-corrected chi connectivity index (χ0v) is 9.62. The lowest BCUT2D eigenvalue weighted by atomic mass is 10.1. The summed E-state index contributed by atoms with van der Waals surface area (Å²) in [5, 5.41) is 3.25. The molecular formula is C12H16N2O2. The molecule has 0 unspecified atom stereocenters. The molecule has 0 radical (unpaired) electrons. The SMILES string of the molecule is COc1cccc(CC2=NCCN2)c1OC. The topological polar surface area (TPSA) is 42.8 Å². The third-order valence-corrected chi connectivity index (χ3v) is 2.59. The van der Waals surface area contributed by atoms with Crippen LogP contribution in [-0.4, -0.2) is 33.1 Å². The summed E-state index contributed by atoms with van der Waals surface area (Å²) in [6.07, 6.45) is 0.764. The van der Waals surface area contributed by atoms with Crippen LogP contribution in [0.25, 0.3) is 0 Å². The first-order chi connectivity index (χ1) is 7.85. The smallest absolute Gasteiger partial charge is 0.164 e. The number of nitrogens with one attached hydrogen (secondary N) is 1. The van der Waals surface area contributed by atoms with Crippen molar-refractivity contribution in [1.29, 1.82) is 0 Å². The Bertz CT molecular complexity index is 402. The quantitative estimate of drug-likeness (QED) is 0.830. The van der Waals surface area contributed by atoms with Gasteiger partial charge in [-0.2, -0.15) is 0 Å². The first kappa shape index (κ1) is 10.8. The van der Waals surface area contributed by atoms with Crippen LogP contribution in [0.1, 0.15) is 5.56 Å². The van der Waals surface area contributed by atoms with E-state index >= 15 is 0 Å². The standard InChI is InChI=1S/C12H16N2O2/c1-15-10-5-3-4-9(12(10)16-2)8-11-13-6-7-14-11/h3-5H,6-8H2,1-2H3,(H,13,14). The monoisotopic (exact) mass is 220 g/mol. The molecule has 0 spiro atoms. The number of aliphatic imine (C=N–C) groups is 1. The van der Waals surface area contributed by atoms with Crippen LogP contribution in [0, 0.1) is 0 Å². The van der Waals surface area contributed by atoms with Gasteiger partial charge in [0.15, 0.2) is 11.5 Å². The maximum absolute atomic E-state index is 5.37. The molecule has 0 saturated carbocycles. The van der Waals surface area contributed by atoms with Crippen molar-refractivity contribution >= 4 is 5.84 Å². The van der Waals surface area contributed by atoms with E-state index < -0.39 is 0 Å². The van der Waals surface area contributed by atoms with Gasteiger partial charge in [-0.25, -0.2) is 0 Å². The normalized spacial score (nSPS) is 14.2. The summed E-state index contributed by atoms with van der Waals surface area (Å²) in [7, 11) is 3.30. The van der Waals surface area contributed by atoms with Gasteiger partial charge >= 0.3 is 0 Å².